The lowest BCUT2D eigenvalue weighted by molar-refractivity contribution is -0.385. The highest BCUT2D eigenvalue weighted by Gasteiger charge is 2.48. The van der Waals surface area contributed by atoms with Crippen LogP contribution in [0, 0.1) is 16.0 Å². The summed E-state index contributed by atoms with van der Waals surface area (Å²) in [6.07, 6.45) is 1.48. The Balaban J connectivity index is 2.26. The number of carboxylic acid groups (broad SMARTS) is 1. The molecule has 0 spiro atoms. The fourth-order valence-electron chi connectivity index (χ4n) is 2.09. The maximum atomic E-state index is 12.2. The number of nitro benzene ring substituents is 1. The normalized spacial score (nSPS) is 16.9. The third kappa shape index (κ3) is 3.05. The van der Waals surface area contributed by atoms with E-state index in [2.05, 4.69) is 21.2 Å². The lowest BCUT2D eigenvalue weighted by atomic mass is 9.95. The van der Waals surface area contributed by atoms with E-state index in [4.69, 9.17) is 0 Å². The molecule has 2 rings (SSSR count). The second kappa shape index (κ2) is 5.44. The highest BCUT2D eigenvalue weighted by atomic mass is 79.9. The average Bonchev–Trinajstić information content (AvgIpc) is 3.22. The number of hydrogen-bond donors (Lipinski definition) is 2. The molecule has 7 nitrogen and oxygen atoms in total. The van der Waals surface area contributed by atoms with Gasteiger partial charge < -0.3 is 10.4 Å². The third-order valence-electron chi connectivity index (χ3n) is 3.62. The summed E-state index contributed by atoms with van der Waals surface area (Å²) >= 11 is 3.03. The minimum Gasteiger partial charge on any atom is -0.480 e. The van der Waals surface area contributed by atoms with Crippen molar-refractivity contribution in [2.24, 2.45) is 5.92 Å². The van der Waals surface area contributed by atoms with Crippen LogP contribution in [0.25, 0.3) is 0 Å². The molecule has 0 aromatic heterocycles. The standard InChI is InChI=1S/C13H13BrN2O5/c1-13(12(18)19,8-3-4-8)15-11(17)7-2-5-9(14)10(6-7)16(20)21/h2,5-6,8H,3-4H2,1H3,(H,15,17)(H,18,19). The summed E-state index contributed by atoms with van der Waals surface area (Å²) in [7, 11) is 0. The largest absolute Gasteiger partial charge is 0.480 e. The first-order valence-corrected chi connectivity index (χ1v) is 7.05. The highest BCUT2D eigenvalue weighted by Crippen LogP contribution is 2.40. The molecule has 0 heterocycles. The fourth-order valence-corrected chi connectivity index (χ4v) is 2.48. The van der Waals surface area contributed by atoms with Crippen molar-refractivity contribution in [1.29, 1.82) is 0 Å². The summed E-state index contributed by atoms with van der Waals surface area (Å²) < 4.78 is 0.257. The van der Waals surface area contributed by atoms with Crippen molar-refractivity contribution >= 4 is 33.5 Å². The van der Waals surface area contributed by atoms with E-state index in [1.807, 2.05) is 0 Å². The van der Waals surface area contributed by atoms with Gasteiger partial charge in [-0.15, -0.1) is 0 Å². The summed E-state index contributed by atoms with van der Waals surface area (Å²) in [5.41, 5.74) is -1.54. The Bertz CT molecular complexity index is 629. The topological polar surface area (TPSA) is 110 Å². The minimum absolute atomic E-state index is 0.0537. The number of aliphatic carboxylic acids is 1. The van der Waals surface area contributed by atoms with Gasteiger partial charge in [-0.1, -0.05) is 0 Å². The molecule has 21 heavy (non-hydrogen) atoms. The van der Waals surface area contributed by atoms with Gasteiger partial charge in [0, 0.05) is 11.6 Å². The number of carbonyl (C=O) groups is 2. The molecule has 1 aromatic carbocycles. The van der Waals surface area contributed by atoms with Crippen LogP contribution in [0.1, 0.15) is 30.1 Å². The van der Waals surface area contributed by atoms with Crippen molar-refractivity contribution in [3.05, 3.63) is 38.3 Å². The van der Waals surface area contributed by atoms with Gasteiger partial charge in [0.2, 0.25) is 0 Å². The van der Waals surface area contributed by atoms with Gasteiger partial charge in [-0.2, -0.15) is 0 Å². The third-order valence-corrected chi connectivity index (χ3v) is 4.29. The van der Waals surface area contributed by atoms with Crippen molar-refractivity contribution in [2.45, 2.75) is 25.3 Å². The van der Waals surface area contributed by atoms with E-state index in [9.17, 15) is 24.8 Å². The van der Waals surface area contributed by atoms with Crippen LogP contribution in [0.2, 0.25) is 0 Å². The Morgan fingerprint density at radius 3 is 2.57 bits per heavy atom. The van der Waals surface area contributed by atoms with Crippen LogP contribution in [0.5, 0.6) is 0 Å². The van der Waals surface area contributed by atoms with Crippen LogP contribution >= 0.6 is 15.9 Å². The Kier molecular flexibility index (Phi) is 3.99. The molecule has 0 aliphatic heterocycles. The molecule has 1 saturated carbocycles. The van der Waals surface area contributed by atoms with Gasteiger partial charge in [0.25, 0.3) is 11.6 Å². The zero-order chi connectivity index (χ0) is 15.8. The Morgan fingerprint density at radius 2 is 2.10 bits per heavy atom. The molecule has 1 unspecified atom stereocenters. The van der Waals surface area contributed by atoms with Crippen molar-refractivity contribution < 1.29 is 19.6 Å². The first-order valence-electron chi connectivity index (χ1n) is 6.25. The number of nitrogens with one attached hydrogen (secondary N) is 1. The summed E-state index contributed by atoms with van der Waals surface area (Å²) in [6.45, 7) is 1.46. The number of rotatable bonds is 5. The lowest BCUT2D eigenvalue weighted by Crippen LogP contribution is -2.54. The van der Waals surface area contributed by atoms with Crippen molar-refractivity contribution in [1.82, 2.24) is 5.32 Å². The molecule has 0 bridgehead atoms. The highest BCUT2D eigenvalue weighted by molar-refractivity contribution is 9.10. The number of nitrogens with zero attached hydrogens (tertiary/aromatic N) is 1. The molecule has 1 aliphatic carbocycles. The molecule has 112 valence electrons. The average molecular weight is 357 g/mol. The summed E-state index contributed by atoms with van der Waals surface area (Å²) in [6, 6.07) is 3.92. The smallest absolute Gasteiger partial charge is 0.329 e. The second-order valence-corrected chi connectivity index (χ2v) is 6.01. The Morgan fingerprint density at radius 1 is 1.48 bits per heavy atom. The summed E-state index contributed by atoms with van der Waals surface area (Å²) in [5.74, 6) is -1.85. The minimum atomic E-state index is -1.35. The van der Waals surface area contributed by atoms with Crippen LogP contribution in [-0.2, 0) is 4.79 Å². The molecule has 1 fully saturated rings. The molecule has 1 aliphatic rings. The molecule has 2 N–H and O–H groups in total. The van der Waals surface area contributed by atoms with Crippen molar-refractivity contribution in [3.8, 4) is 0 Å². The van der Waals surface area contributed by atoms with E-state index < -0.39 is 22.3 Å². The quantitative estimate of drug-likeness (QED) is 0.621. The van der Waals surface area contributed by atoms with Crippen molar-refractivity contribution in [3.63, 3.8) is 0 Å². The fraction of sp³-hybridized carbons (Fsp3) is 0.385. The van der Waals surface area contributed by atoms with Gasteiger partial charge in [-0.05, 0) is 53.7 Å². The molecular weight excluding hydrogens is 344 g/mol. The number of carbonyl (C=O) groups excluding carboxylic acids is 1. The maximum absolute atomic E-state index is 12.2. The summed E-state index contributed by atoms with van der Waals surface area (Å²) in [4.78, 5) is 33.8. The zero-order valence-corrected chi connectivity index (χ0v) is 12.7. The molecule has 0 saturated heterocycles. The molecule has 8 heteroatoms. The number of halogens is 1. The van der Waals surface area contributed by atoms with Crippen LogP contribution in [-0.4, -0.2) is 27.4 Å². The predicted octanol–water partition coefficient (Wildman–Crippen LogP) is 2.34. The second-order valence-electron chi connectivity index (χ2n) is 5.16. The molecule has 0 radical (unpaired) electrons. The number of carboxylic acids is 1. The van der Waals surface area contributed by atoms with Gasteiger partial charge in [0.15, 0.2) is 0 Å². The van der Waals surface area contributed by atoms with Gasteiger partial charge >= 0.3 is 5.97 Å². The molecular formula is C13H13BrN2O5. The van der Waals surface area contributed by atoms with Crippen LogP contribution in [0.4, 0.5) is 5.69 Å². The van der Waals surface area contributed by atoms with Crippen LogP contribution < -0.4 is 5.32 Å². The lowest BCUT2D eigenvalue weighted by Gasteiger charge is -2.26. The SMILES string of the molecule is CC(NC(=O)c1ccc(Br)c([N+](=O)[O-])c1)(C(=O)O)C1CC1. The van der Waals surface area contributed by atoms with Gasteiger partial charge in [0.05, 0.1) is 9.40 Å². The van der Waals surface area contributed by atoms with E-state index in [0.717, 1.165) is 18.9 Å². The first-order chi connectivity index (χ1) is 9.75. The van der Waals surface area contributed by atoms with E-state index >= 15 is 0 Å². The molecule has 1 aromatic rings. The number of nitro groups is 1. The van der Waals surface area contributed by atoms with E-state index in [0.29, 0.717) is 0 Å². The van der Waals surface area contributed by atoms with E-state index in [1.165, 1.54) is 19.1 Å². The maximum Gasteiger partial charge on any atom is 0.329 e. The number of amides is 1. The number of hydrogen-bond acceptors (Lipinski definition) is 4. The zero-order valence-electron chi connectivity index (χ0n) is 11.1. The van der Waals surface area contributed by atoms with Crippen molar-refractivity contribution in [2.75, 3.05) is 0 Å². The number of benzene rings is 1. The van der Waals surface area contributed by atoms with Gasteiger partial charge in [-0.25, -0.2) is 4.79 Å². The Labute approximate surface area is 128 Å². The first kappa shape index (κ1) is 15.4. The van der Waals surface area contributed by atoms with Gasteiger partial charge in [-0.3, -0.25) is 14.9 Å². The van der Waals surface area contributed by atoms with E-state index in [1.54, 1.807) is 0 Å². The molecule has 1 amide bonds. The monoisotopic (exact) mass is 356 g/mol. The Hall–Kier alpha value is -1.96. The van der Waals surface area contributed by atoms with Crippen LogP contribution in [0.3, 0.4) is 0 Å². The van der Waals surface area contributed by atoms with E-state index in [-0.39, 0.29) is 21.6 Å². The van der Waals surface area contributed by atoms with Gasteiger partial charge in [0.1, 0.15) is 5.54 Å². The molecule has 1 atom stereocenters. The predicted molar refractivity (Wildman–Crippen MR) is 77.0 cm³/mol. The van der Waals surface area contributed by atoms with Crippen LogP contribution in [0.15, 0.2) is 22.7 Å². The summed E-state index contributed by atoms with van der Waals surface area (Å²) in [5, 5.41) is 22.6.